The molecule has 1 heterocycles. The van der Waals surface area contributed by atoms with Crippen LogP contribution in [0.1, 0.15) is 37.8 Å². The van der Waals surface area contributed by atoms with Crippen molar-refractivity contribution in [1.82, 2.24) is 9.97 Å². The number of aliphatic hydroxyl groups excluding tert-OH is 1. The smallest absolute Gasteiger partial charge is 0.0890 e. The average Bonchev–Trinajstić information content (AvgIpc) is 2.39. The second-order valence-electron chi connectivity index (χ2n) is 4.25. The third kappa shape index (κ3) is 2.80. The molecule has 2 rings (SSSR count). The second kappa shape index (κ2) is 5.73. The average molecular weight is 230 g/mol. The lowest BCUT2D eigenvalue weighted by atomic mass is 9.97. The van der Waals surface area contributed by atoms with Crippen molar-refractivity contribution < 1.29 is 5.11 Å². The van der Waals surface area contributed by atoms with Crippen molar-refractivity contribution in [3.63, 3.8) is 0 Å². The van der Waals surface area contributed by atoms with Crippen LogP contribution in [0.4, 0.5) is 0 Å². The fourth-order valence-electron chi connectivity index (χ4n) is 2.07. The van der Waals surface area contributed by atoms with Crippen LogP contribution in [-0.4, -0.2) is 21.7 Å². The molecule has 0 spiro atoms. The fraction of sp³-hybridized carbons (Fsp3) is 0.429. The number of hydrogen-bond donors (Lipinski definition) is 1. The van der Waals surface area contributed by atoms with Crippen molar-refractivity contribution in [1.29, 1.82) is 0 Å². The number of aromatic nitrogens is 2. The predicted molar refractivity (Wildman–Crippen MR) is 68.9 cm³/mol. The summed E-state index contributed by atoms with van der Waals surface area (Å²) in [6.45, 7) is 2.40. The molecule has 0 aliphatic rings. The number of rotatable bonds is 5. The second-order valence-corrected chi connectivity index (χ2v) is 4.25. The molecule has 0 aliphatic carbocycles. The van der Waals surface area contributed by atoms with Gasteiger partial charge in [-0.3, -0.25) is 4.98 Å². The highest BCUT2D eigenvalue weighted by Gasteiger charge is 2.11. The van der Waals surface area contributed by atoms with E-state index in [1.165, 1.54) is 0 Å². The van der Waals surface area contributed by atoms with Crippen LogP contribution in [0.25, 0.3) is 11.0 Å². The summed E-state index contributed by atoms with van der Waals surface area (Å²) in [5.74, 6) is 0.402. The molecule has 1 aromatic heterocycles. The molecule has 0 bridgehead atoms. The molecule has 3 nitrogen and oxygen atoms in total. The Hall–Kier alpha value is -1.48. The van der Waals surface area contributed by atoms with E-state index in [0.29, 0.717) is 5.92 Å². The normalized spacial score (nSPS) is 12.8. The van der Waals surface area contributed by atoms with Gasteiger partial charge < -0.3 is 5.11 Å². The molecule has 2 aromatic rings. The molecule has 0 saturated heterocycles. The van der Waals surface area contributed by atoms with Gasteiger partial charge in [0.1, 0.15) is 0 Å². The quantitative estimate of drug-likeness (QED) is 0.859. The lowest BCUT2D eigenvalue weighted by Crippen LogP contribution is -2.03. The topological polar surface area (TPSA) is 46.0 Å². The van der Waals surface area contributed by atoms with E-state index in [9.17, 15) is 0 Å². The summed E-state index contributed by atoms with van der Waals surface area (Å²) in [7, 11) is 0. The van der Waals surface area contributed by atoms with Crippen LogP contribution < -0.4 is 0 Å². The van der Waals surface area contributed by atoms with E-state index in [1.54, 1.807) is 0 Å². The highest BCUT2D eigenvalue weighted by atomic mass is 16.2. The predicted octanol–water partition coefficient (Wildman–Crippen LogP) is 2.90. The molecule has 0 aliphatic heterocycles. The molecule has 3 heteroatoms. The van der Waals surface area contributed by atoms with Gasteiger partial charge in [0.25, 0.3) is 0 Å². The third-order valence-electron chi connectivity index (χ3n) is 3.09. The van der Waals surface area contributed by atoms with Crippen LogP contribution in [0.5, 0.6) is 0 Å². The minimum Gasteiger partial charge on any atom is -0.396 e. The molecule has 0 amide bonds. The molecule has 0 saturated carbocycles. The Morgan fingerprint density at radius 3 is 2.71 bits per heavy atom. The summed E-state index contributed by atoms with van der Waals surface area (Å²) in [6.07, 6.45) is 4.70. The van der Waals surface area contributed by atoms with Gasteiger partial charge in [-0.1, -0.05) is 19.1 Å². The van der Waals surface area contributed by atoms with Crippen LogP contribution in [0, 0.1) is 0 Å². The number of para-hydroxylation sites is 2. The van der Waals surface area contributed by atoms with Gasteiger partial charge in [0.2, 0.25) is 0 Å². The summed E-state index contributed by atoms with van der Waals surface area (Å²) in [6, 6.07) is 7.92. The molecule has 1 unspecified atom stereocenters. The molecule has 1 atom stereocenters. The summed E-state index contributed by atoms with van der Waals surface area (Å²) in [5.41, 5.74) is 2.93. The van der Waals surface area contributed by atoms with Crippen LogP contribution in [0.3, 0.4) is 0 Å². The number of nitrogens with zero attached hydrogens (tertiary/aromatic N) is 2. The van der Waals surface area contributed by atoms with E-state index in [-0.39, 0.29) is 6.61 Å². The van der Waals surface area contributed by atoms with E-state index in [1.807, 2.05) is 30.5 Å². The summed E-state index contributed by atoms with van der Waals surface area (Å²) >= 11 is 0. The molecular weight excluding hydrogens is 212 g/mol. The molecule has 90 valence electrons. The maximum Gasteiger partial charge on any atom is 0.0890 e. The van der Waals surface area contributed by atoms with Gasteiger partial charge in [-0.2, -0.15) is 0 Å². The summed E-state index contributed by atoms with van der Waals surface area (Å²) in [5, 5.41) is 8.89. The Labute approximate surface area is 102 Å². The third-order valence-corrected chi connectivity index (χ3v) is 3.09. The Morgan fingerprint density at radius 2 is 2.00 bits per heavy atom. The SMILES string of the molecule is CCC(CCCO)c1cnc2ccccc2n1. The summed E-state index contributed by atoms with van der Waals surface area (Å²) in [4.78, 5) is 9.09. The molecule has 1 aromatic carbocycles. The number of benzene rings is 1. The number of fused-ring (bicyclic) bond motifs is 1. The van der Waals surface area contributed by atoms with Gasteiger partial charge in [-0.25, -0.2) is 4.98 Å². The van der Waals surface area contributed by atoms with Gasteiger partial charge in [0, 0.05) is 18.7 Å². The number of aliphatic hydroxyl groups is 1. The van der Waals surface area contributed by atoms with Gasteiger partial charge >= 0.3 is 0 Å². The van der Waals surface area contributed by atoms with E-state index in [4.69, 9.17) is 5.11 Å². The number of hydrogen-bond acceptors (Lipinski definition) is 3. The standard InChI is InChI=1S/C14H18N2O/c1-2-11(6-5-9-17)14-10-15-12-7-3-4-8-13(12)16-14/h3-4,7-8,10-11,17H,2,5-6,9H2,1H3. The molecule has 17 heavy (non-hydrogen) atoms. The molecule has 0 fully saturated rings. The maximum atomic E-state index is 8.89. The van der Waals surface area contributed by atoms with Crippen molar-refractivity contribution in [3.8, 4) is 0 Å². The zero-order chi connectivity index (χ0) is 12.1. The first-order valence-corrected chi connectivity index (χ1v) is 6.17. The minimum atomic E-state index is 0.248. The molecule has 1 N–H and O–H groups in total. The lowest BCUT2D eigenvalue weighted by molar-refractivity contribution is 0.278. The van der Waals surface area contributed by atoms with Crippen LogP contribution in [-0.2, 0) is 0 Å². The highest BCUT2D eigenvalue weighted by Crippen LogP contribution is 2.23. The molecular formula is C14H18N2O. The van der Waals surface area contributed by atoms with Gasteiger partial charge in [0.15, 0.2) is 0 Å². The Kier molecular flexibility index (Phi) is 4.04. The maximum absolute atomic E-state index is 8.89. The van der Waals surface area contributed by atoms with Crippen molar-refractivity contribution in [2.24, 2.45) is 0 Å². The van der Waals surface area contributed by atoms with Gasteiger partial charge in [-0.05, 0) is 31.4 Å². The van der Waals surface area contributed by atoms with Crippen molar-refractivity contribution in [2.75, 3.05) is 6.61 Å². The first kappa shape index (κ1) is 12.0. The first-order chi connectivity index (χ1) is 8.35. The Bertz CT molecular complexity index is 484. The van der Waals surface area contributed by atoms with Crippen molar-refractivity contribution in [3.05, 3.63) is 36.2 Å². The lowest BCUT2D eigenvalue weighted by Gasteiger charge is -2.13. The van der Waals surface area contributed by atoms with Crippen molar-refractivity contribution >= 4 is 11.0 Å². The zero-order valence-corrected chi connectivity index (χ0v) is 10.1. The van der Waals surface area contributed by atoms with Crippen LogP contribution in [0.2, 0.25) is 0 Å². The molecule has 0 radical (unpaired) electrons. The van der Waals surface area contributed by atoms with Crippen molar-refractivity contribution in [2.45, 2.75) is 32.1 Å². The highest BCUT2D eigenvalue weighted by molar-refractivity contribution is 5.73. The fourth-order valence-corrected chi connectivity index (χ4v) is 2.07. The van der Waals surface area contributed by atoms with E-state index < -0.39 is 0 Å². The monoisotopic (exact) mass is 230 g/mol. The van der Waals surface area contributed by atoms with Gasteiger partial charge in [0.05, 0.1) is 16.7 Å². The van der Waals surface area contributed by atoms with E-state index >= 15 is 0 Å². The van der Waals surface area contributed by atoms with Crippen LogP contribution in [0.15, 0.2) is 30.5 Å². The van der Waals surface area contributed by atoms with Gasteiger partial charge in [-0.15, -0.1) is 0 Å². The minimum absolute atomic E-state index is 0.248. The largest absolute Gasteiger partial charge is 0.396 e. The van der Waals surface area contributed by atoms with Crippen LogP contribution >= 0.6 is 0 Å². The van der Waals surface area contributed by atoms with E-state index in [0.717, 1.165) is 36.0 Å². The Balaban J connectivity index is 2.27. The Morgan fingerprint density at radius 1 is 1.24 bits per heavy atom. The zero-order valence-electron chi connectivity index (χ0n) is 10.1. The summed E-state index contributed by atoms with van der Waals surface area (Å²) < 4.78 is 0. The van der Waals surface area contributed by atoms with E-state index in [2.05, 4.69) is 16.9 Å². The first-order valence-electron chi connectivity index (χ1n) is 6.17.